The van der Waals surface area contributed by atoms with E-state index in [0.29, 0.717) is 19.5 Å². The molecule has 11 heteroatoms. The van der Waals surface area contributed by atoms with Crippen LogP contribution < -0.4 is 5.32 Å². The molecule has 1 aromatic rings. The number of carboxylic acid groups (broad SMARTS) is 1. The van der Waals surface area contributed by atoms with Crippen molar-refractivity contribution >= 4 is 11.9 Å². The van der Waals surface area contributed by atoms with Gasteiger partial charge in [-0.1, -0.05) is 30.3 Å². The minimum absolute atomic E-state index is 0.0329. The predicted molar refractivity (Wildman–Crippen MR) is 85.4 cm³/mol. The first-order valence-electron chi connectivity index (χ1n) is 8.34. The van der Waals surface area contributed by atoms with Crippen molar-refractivity contribution in [3.05, 3.63) is 35.9 Å². The van der Waals surface area contributed by atoms with Gasteiger partial charge in [0.25, 0.3) is 0 Å². The molecule has 0 aromatic heterocycles. The third-order valence-electron chi connectivity index (χ3n) is 4.45. The van der Waals surface area contributed by atoms with Crippen LogP contribution in [0.25, 0.3) is 0 Å². The van der Waals surface area contributed by atoms with Crippen LogP contribution in [-0.4, -0.2) is 59.9 Å². The van der Waals surface area contributed by atoms with Crippen molar-refractivity contribution < 1.29 is 41.0 Å². The van der Waals surface area contributed by atoms with Gasteiger partial charge in [-0.05, 0) is 12.0 Å². The highest BCUT2D eigenvalue weighted by atomic mass is 19.4. The molecule has 156 valence electrons. The Kier molecular flexibility index (Phi) is 6.58. The van der Waals surface area contributed by atoms with Crippen LogP contribution in [0.4, 0.5) is 26.3 Å². The second-order valence-electron chi connectivity index (χ2n) is 6.60. The number of carbonyl (C=O) groups is 2. The van der Waals surface area contributed by atoms with Gasteiger partial charge in [0.1, 0.15) is 0 Å². The number of amides is 1. The highest BCUT2D eigenvalue weighted by Gasteiger charge is 2.52. The van der Waals surface area contributed by atoms with E-state index in [9.17, 15) is 31.1 Å². The van der Waals surface area contributed by atoms with E-state index in [1.165, 1.54) is 0 Å². The van der Waals surface area contributed by atoms with Gasteiger partial charge in [0.15, 0.2) is 0 Å². The summed E-state index contributed by atoms with van der Waals surface area (Å²) in [7, 11) is 0. The molecule has 0 bridgehead atoms. The van der Waals surface area contributed by atoms with Gasteiger partial charge in [-0.2, -0.15) is 26.3 Å². The zero-order valence-electron chi connectivity index (χ0n) is 14.4. The molecule has 1 saturated heterocycles. The molecule has 1 aliphatic heterocycles. The Labute approximate surface area is 156 Å². The van der Waals surface area contributed by atoms with Gasteiger partial charge in [-0.3, -0.25) is 4.79 Å². The van der Waals surface area contributed by atoms with Gasteiger partial charge >= 0.3 is 24.2 Å². The van der Waals surface area contributed by atoms with E-state index in [0.717, 1.165) is 10.5 Å². The Morgan fingerprint density at radius 3 is 1.96 bits per heavy atom. The zero-order valence-corrected chi connectivity index (χ0v) is 14.4. The number of nitrogens with one attached hydrogen (secondary N) is 1. The molecule has 1 aromatic carbocycles. The van der Waals surface area contributed by atoms with Crippen molar-refractivity contribution in [2.75, 3.05) is 19.6 Å². The topological polar surface area (TPSA) is 69.6 Å². The number of alkyl halides is 6. The summed E-state index contributed by atoms with van der Waals surface area (Å²) in [5, 5.41) is 10.2. The lowest BCUT2D eigenvalue weighted by molar-refractivity contribution is -0.192. The van der Waals surface area contributed by atoms with Crippen molar-refractivity contribution in [2.24, 2.45) is 5.92 Å². The fourth-order valence-electron chi connectivity index (χ4n) is 2.87. The van der Waals surface area contributed by atoms with E-state index in [-0.39, 0.29) is 24.4 Å². The standard InChI is InChI=1S/C15H17F3N2O.C2HF3O2/c16-15(17,18)14(21)20(9-10-7-19-8-10)13-6-12(13)11-4-2-1-3-5-11;3-2(4,5)1(6)7/h1-5,10,12-13,19H,6-9H2;(H,6,7)/t12-,13+;/m0./s1. The zero-order chi connectivity index (χ0) is 21.1. The molecule has 1 heterocycles. The second-order valence-corrected chi connectivity index (χ2v) is 6.60. The van der Waals surface area contributed by atoms with Gasteiger partial charge in [0.2, 0.25) is 0 Å². The minimum atomic E-state index is -5.08. The first kappa shape index (κ1) is 22.0. The Morgan fingerprint density at radius 1 is 1.04 bits per heavy atom. The Morgan fingerprint density at radius 2 is 1.57 bits per heavy atom. The van der Waals surface area contributed by atoms with E-state index in [2.05, 4.69) is 5.32 Å². The molecule has 0 spiro atoms. The quantitative estimate of drug-likeness (QED) is 0.747. The molecule has 0 radical (unpaired) electrons. The van der Waals surface area contributed by atoms with Crippen LogP contribution in [0.3, 0.4) is 0 Å². The van der Waals surface area contributed by atoms with Crippen molar-refractivity contribution in [3.8, 4) is 0 Å². The molecule has 1 saturated carbocycles. The monoisotopic (exact) mass is 412 g/mol. The van der Waals surface area contributed by atoms with Crippen molar-refractivity contribution in [1.29, 1.82) is 0 Å². The maximum absolute atomic E-state index is 12.8. The normalized spacial score (nSPS) is 21.8. The van der Waals surface area contributed by atoms with Gasteiger partial charge in [0, 0.05) is 37.5 Å². The summed E-state index contributed by atoms with van der Waals surface area (Å²) in [4.78, 5) is 21.6. The van der Waals surface area contributed by atoms with E-state index in [4.69, 9.17) is 9.90 Å². The van der Waals surface area contributed by atoms with Crippen molar-refractivity contribution in [2.45, 2.75) is 30.7 Å². The van der Waals surface area contributed by atoms with Crippen LogP contribution in [0.1, 0.15) is 17.9 Å². The summed E-state index contributed by atoms with van der Waals surface area (Å²) in [6.45, 7) is 1.56. The predicted octanol–water partition coefficient (Wildman–Crippen LogP) is 2.79. The summed E-state index contributed by atoms with van der Waals surface area (Å²) in [5.41, 5.74) is 1.01. The SMILES string of the molecule is O=C(N(CC1CNC1)[C@@H]1C[C@H]1c1ccccc1)C(F)(F)F.O=C(O)C(F)(F)F. The molecular formula is C17H18F6N2O3. The summed E-state index contributed by atoms with van der Waals surface area (Å²) < 4.78 is 70.1. The molecule has 28 heavy (non-hydrogen) atoms. The third-order valence-corrected chi connectivity index (χ3v) is 4.45. The van der Waals surface area contributed by atoms with Crippen LogP contribution in [0.15, 0.2) is 30.3 Å². The van der Waals surface area contributed by atoms with Gasteiger partial charge < -0.3 is 15.3 Å². The number of rotatable bonds is 4. The average Bonchev–Trinajstić information content (AvgIpc) is 3.33. The molecule has 5 nitrogen and oxygen atoms in total. The van der Waals surface area contributed by atoms with Crippen LogP contribution in [-0.2, 0) is 9.59 Å². The number of aliphatic carboxylic acids is 1. The Balaban J connectivity index is 0.000000345. The first-order valence-corrected chi connectivity index (χ1v) is 8.34. The Bertz CT molecular complexity index is 688. The molecule has 0 unspecified atom stereocenters. The highest BCUT2D eigenvalue weighted by molar-refractivity contribution is 5.82. The van der Waals surface area contributed by atoms with Crippen LogP contribution >= 0.6 is 0 Å². The number of benzene rings is 1. The van der Waals surface area contributed by atoms with E-state index in [1.54, 1.807) is 0 Å². The molecule has 2 atom stereocenters. The van der Waals surface area contributed by atoms with Crippen LogP contribution in [0.5, 0.6) is 0 Å². The van der Waals surface area contributed by atoms with Crippen molar-refractivity contribution in [3.63, 3.8) is 0 Å². The highest BCUT2D eigenvalue weighted by Crippen LogP contribution is 2.46. The number of hydrogen-bond acceptors (Lipinski definition) is 3. The van der Waals surface area contributed by atoms with Crippen molar-refractivity contribution in [1.82, 2.24) is 10.2 Å². The summed E-state index contributed by atoms with van der Waals surface area (Å²) in [6.07, 6.45) is -9.26. The summed E-state index contributed by atoms with van der Waals surface area (Å²) >= 11 is 0. The number of halogens is 6. The van der Waals surface area contributed by atoms with Gasteiger partial charge in [-0.15, -0.1) is 0 Å². The third kappa shape index (κ3) is 5.85. The lowest BCUT2D eigenvalue weighted by Crippen LogP contribution is -2.52. The molecule has 2 aliphatic rings. The number of carbonyl (C=O) groups excluding carboxylic acids is 1. The molecule has 3 rings (SSSR count). The fourth-order valence-corrected chi connectivity index (χ4v) is 2.87. The number of carboxylic acids is 1. The molecule has 2 fully saturated rings. The lowest BCUT2D eigenvalue weighted by Gasteiger charge is -2.34. The minimum Gasteiger partial charge on any atom is -0.475 e. The van der Waals surface area contributed by atoms with E-state index >= 15 is 0 Å². The van der Waals surface area contributed by atoms with E-state index < -0.39 is 24.2 Å². The Hall–Kier alpha value is -2.30. The second kappa shape index (κ2) is 8.38. The molecule has 1 amide bonds. The number of nitrogens with zero attached hydrogens (tertiary/aromatic N) is 1. The molecule has 1 aliphatic carbocycles. The largest absolute Gasteiger partial charge is 0.490 e. The lowest BCUT2D eigenvalue weighted by atomic mass is 10.0. The van der Waals surface area contributed by atoms with E-state index in [1.807, 2.05) is 30.3 Å². The summed E-state index contributed by atoms with van der Waals surface area (Å²) in [6, 6.07) is 9.12. The fraction of sp³-hybridized carbons (Fsp3) is 0.529. The van der Waals surface area contributed by atoms with Crippen LogP contribution in [0, 0.1) is 5.92 Å². The first-order chi connectivity index (χ1) is 12.9. The maximum Gasteiger partial charge on any atom is 0.490 e. The number of hydrogen-bond donors (Lipinski definition) is 2. The van der Waals surface area contributed by atoms with Gasteiger partial charge in [-0.25, -0.2) is 4.79 Å². The van der Waals surface area contributed by atoms with Gasteiger partial charge in [0.05, 0.1) is 0 Å². The van der Waals surface area contributed by atoms with Crippen LogP contribution in [0.2, 0.25) is 0 Å². The average molecular weight is 412 g/mol. The maximum atomic E-state index is 12.8. The smallest absolute Gasteiger partial charge is 0.475 e. The summed E-state index contributed by atoms with van der Waals surface area (Å²) in [5.74, 6) is -4.29. The molecular weight excluding hydrogens is 394 g/mol. The molecule has 2 N–H and O–H groups in total.